The fraction of sp³-hybridized carbons (Fsp3) is 0.375. The first kappa shape index (κ1) is 25.7. The number of likely N-dealkylation sites (tertiary alicyclic amines) is 1. The average Bonchev–Trinajstić information content (AvgIpc) is 3.44. The topological polar surface area (TPSA) is 121 Å². The molecule has 0 bridgehead atoms. The van der Waals surface area contributed by atoms with Gasteiger partial charge >= 0.3 is 5.69 Å². The lowest BCUT2D eigenvalue weighted by atomic mass is 10.0. The van der Waals surface area contributed by atoms with E-state index in [1.54, 1.807) is 7.11 Å². The zero-order valence-corrected chi connectivity index (χ0v) is 21.8. The third-order valence-electron chi connectivity index (χ3n) is 6.50. The van der Waals surface area contributed by atoms with Gasteiger partial charge in [0.1, 0.15) is 11.6 Å². The number of nitrogens with zero attached hydrogens (tertiary/aromatic N) is 3. The lowest BCUT2D eigenvalue weighted by Crippen LogP contribution is -2.51. The first-order chi connectivity index (χ1) is 17.7. The highest BCUT2D eigenvalue weighted by molar-refractivity contribution is 7.22. The lowest BCUT2D eigenvalue weighted by Gasteiger charge is -2.28. The van der Waals surface area contributed by atoms with Crippen LogP contribution >= 0.6 is 22.9 Å². The Morgan fingerprint density at radius 1 is 1.30 bits per heavy atom. The molecule has 196 valence electrons. The Hall–Kier alpha value is -2.90. The number of benzene rings is 2. The van der Waals surface area contributed by atoms with Gasteiger partial charge in [-0.15, -0.1) is 0 Å². The van der Waals surface area contributed by atoms with Crippen LogP contribution in [0.4, 0.5) is 19.7 Å². The van der Waals surface area contributed by atoms with Crippen molar-refractivity contribution in [2.75, 3.05) is 51.4 Å². The van der Waals surface area contributed by atoms with Crippen molar-refractivity contribution in [3.8, 4) is 11.1 Å². The number of hydrogen-bond acceptors (Lipinski definition) is 9. The molecule has 4 heterocycles. The number of aromatic amines is 1. The maximum Gasteiger partial charge on any atom is 0.347 e. The summed E-state index contributed by atoms with van der Waals surface area (Å²) in [5, 5.41) is 6.80. The number of aromatic nitrogens is 3. The van der Waals surface area contributed by atoms with Crippen molar-refractivity contribution in [1.29, 1.82) is 0 Å². The molecule has 9 nitrogen and oxygen atoms in total. The summed E-state index contributed by atoms with van der Waals surface area (Å²) < 4.78 is 35.1. The molecule has 2 aromatic carbocycles. The van der Waals surface area contributed by atoms with Crippen molar-refractivity contribution in [1.82, 2.24) is 25.2 Å². The average molecular weight is 550 g/mol. The van der Waals surface area contributed by atoms with Crippen LogP contribution in [0.15, 0.2) is 23.0 Å². The van der Waals surface area contributed by atoms with Crippen LogP contribution in [0.25, 0.3) is 32.2 Å². The third kappa shape index (κ3) is 5.12. The number of likely N-dealkylation sites (N-methyl/N-ethyl adjacent to an activating group) is 1. The van der Waals surface area contributed by atoms with Crippen molar-refractivity contribution < 1.29 is 13.5 Å². The second-order valence-corrected chi connectivity index (χ2v) is 10.5. The normalized spacial score (nSPS) is 18.1. The van der Waals surface area contributed by atoms with E-state index in [0.29, 0.717) is 24.6 Å². The second kappa shape index (κ2) is 10.5. The van der Waals surface area contributed by atoms with Gasteiger partial charge in [-0.3, -0.25) is 0 Å². The Morgan fingerprint density at radius 2 is 2.08 bits per heavy atom. The van der Waals surface area contributed by atoms with Crippen LogP contribution in [0.5, 0.6) is 0 Å². The molecule has 2 fully saturated rings. The van der Waals surface area contributed by atoms with Crippen LogP contribution in [0.1, 0.15) is 6.42 Å². The summed E-state index contributed by atoms with van der Waals surface area (Å²) in [5.74, 6) is -1.00. The first-order valence-electron chi connectivity index (χ1n) is 11.7. The summed E-state index contributed by atoms with van der Waals surface area (Å²) in [6.07, 6.45) is 1.70. The highest BCUT2D eigenvalue weighted by Gasteiger charge is 2.24. The van der Waals surface area contributed by atoms with E-state index in [4.69, 9.17) is 22.1 Å². The molecule has 2 aromatic heterocycles. The highest BCUT2D eigenvalue weighted by Crippen LogP contribution is 2.41. The van der Waals surface area contributed by atoms with Crippen molar-refractivity contribution in [2.45, 2.75) is 18.6 Å². The van der Waals surface area contributed by atoms with E-state index in [9.17, 15) is 9.18 Å². The Labute approximate surface area is 220 Å². The zero-order valence-electron chi connectivity index (χ0n) is 20.2. The molecule has 0 aliphatic carbocycles. The fourth-order valence-corrected chi connectivity index (χ4v) is 5.50. The van der Waals surface area contributed by atoms with E-state index in [0.717, 1.165) is 17.9 Å². The number of nitrogens with two attached hydrogens (primary N) is 1. The minimum atomic E-state index is -0.749. The standard InChI is InChI=1S/C18H13ClF2N6OS.C6H13NO/c19-9-3-8-13(26-18(28)27-16(8)24-6-4-23-5-6)12(21)11(9)7-1-2-10(20)15-14(7)25-17(22)29-15;1-7-4-3-6(5-7)8-2/h1-3,6,23H,4-5H2,(H2,22,25)(H2,24,26,27,28);6H,3-5H2,1-2H3. The Morgan fingerprint density at radius 3 is 2.70 bits per heavy atom. The molecule has 0 amide bonds. The molecule has 2 aliphatic rings. The number of ether oxygens (including phenoxy) is 1. The van der Waals surface area contributed by atoms with Gasteiger partial charge in [-0.2, -0.15) is 4.98 Å². The molecule has 1 atom stereocenters. The Bertz CT molecular complexity index is 1530. The number of thiazole rings is 1. The fourth-order valence-electron chi connectivity index (χ4n) is 4.45. The molecular formula is C24H26ClF2N7O2S. The Balaban J connectivity index is 0.000000301. The van der Waals surface area contributed by atoms with Gasteiger partial charge in [0.25, 0.3) is 0 Å². The molecule has 6 rings (SSSR count). The number of hydrogen-bond donors (Lipinski definition) is 4. The van der Waals surface area contributed by atoms with E-state index < -0.39 is 17.3 Å². The molecule has 0 saturated carbocycles. The molecule has 5 N–H and O–H groups in total. The zero-order chi connectivity index (χ0) is 26.3. The van der Waals surface area contributed by atoms with Gasteiger partial charge in [0, 0.05) is 49.8 Å². The van der Waals surface area contributed by atoms with Crippen LogP contribution < -0.4 is 22.1 Å². The lowest BCUT2D eigenvalue weighted by molar-refractivity contribution is 0.111. The molecule has 0 spiro atoms. The number of nitrogens with one attached hydrogen (secondary N) is 3. The van der Waals surface area contributed by atoms with Gasteiger partial charge in [-0.1, -0.05) is 22.9 Å². The van der Waals surface area contributed by atoms with Crippen LogP contribution in [0.2, 0.25) is 5.02 Å². The molecule has 4 aromatic rings. The summed E-state index contributed by atoms with van der Waals surface area (Å²) in [4.78, 5) is 24.8. The van der Waals surface area contributed by atoms with Crippen LogP contribution in [0, 0.1) is 11.6 Å². The van der Waals surface area contributed by atoms with Crippen molar-refractivity contribution in [3.63, 3.8) is 0 Å². The van der Waals surface area contributed by atoms with Gasteiger partial charge in [0.15, 0.2) is 10.9 Å². The molecule has 2 saturated heterocycles. The minimum Gasteiger partial charge on any atom is -0.380 e. The van der Waals surface area contributed by atoms with Gasteiger partial charge in [0.2, 0.25) is 0 Å². The number of halogens is 3. The van der Waals surface area contributed by atoms with E-state index >= 15 is 4.39 Å². The number of nitrogen functional groups attached to an aromatic ring is 1. The van der Waals surface area contributed by atoms with Gasteiger partial charge in [-0.05, 0) is 31.7 Å². The molecule has 13 heteroatoms. The predicted molar refractivity (Wildman–Crippen MR) is 144 cm³/mol. The summed E-state index contributed by atoms with van der Waals surface area (Å²) in [7, 11) is 3.91. The quantitative estimate of drug-likeness (QED) is 0.305. The number of H-pyrrole nitrogens is 1. The van der Waals surface area contributed by atoms with Crippen molar-refractivity contribution >= 4 is 55.0 Å². The number of rotatable bonds is 4. The predicted octanol–water partition coefficient (Wildman–Crippen LogP) is 3.43. The van der Waals surface area contributed by atoms with E-state index in [-0.39, 0.29) is 48.9 Å². The van der Waals surface area contributed by atoms with Gasteiger partial charge in [0.05, 0.1) is 32.9 Å². The third-order valence-corrected chi connectivity index (χ3v) is 7.69. The maximum atomic E-state index is 15.6. The van der Waals surface area contributed by atoms with Crippen LogP contribution in [0.3, 0.4) is 0 Å². The number of fused-ring (bicyclic) bond motifs is 2. The molecule has 37 heavy (non-hydrogen) atoms. The number of methoxy groups -OCH3 is 1. The molecular weight excluding hydrogens is 524 g/mol. The highest BCUT2D eigenvalue weighted by atomic mass is 35.5. The monoisotopic (exact) mass is 549 g/mol. The smallest absolute Gasteiger partial charge is 0.347 e. The molecule has 2 aliphatic heterocycles. The maximum absolute atomic E-state index is 15.6. The van der Waals surface area contributed by atoms with Crippen LogP contribution in [-0.2, 0) is 4.74 Å². The second-order valence-electron chi connectivity index (χ2n) is 9.09. The Kier molecular flexibility index (Phi) is 7.28. The van der Waals surface area contributed by atoms with Crippen molar-refractivity contribution in [3.05, 3.63) is 45.3 Å². The summed E-state index contributed by atoms with van der Waals surface area (Å²) in [6, 6.07) is 4.22. The minimum absolute atomic E-state index is 0.00702. The van der Waals surface area contributed by atoms with Crippen molar-refractivity contribution in [2.24, 2.45) is 0 Å². The van der Waals surface area contributed by atoms with Gasteiger partial charge < -0.3 is 31.0 Å². The largest absolute Gasteiger partial charge is 0.380 e. The molecule has 1 unspecified atom stereocenters. The SMILES string of the molecule is COC1CCN(C)C1.Nc1nc2c(-c3c(Cl)cc4c(NC5CNC5)nc(=O)[nH]c4c3F)ccc(F)c2s1. The summed E-state index contributed by atoms with van der Waals surface area (Å²) in [6.45, 7) is 3.72. The molecule has 0 radical (unpaired) electrons. The first-order valence-corrected chi connectivity index (χ1v) is 12.9. The van der Waals surface area contributed by atoms with E-state index in [2.05, 4.69) is 37.5 Å². The number of anilines is 2. The van der Waals surface area contributed by atoms with Gasteiger partial charge in [-0.25, -0.2) is 18.6 Å². The van der Waals surface area contributed by atoms with E-state index in [1.165, 1.54) is 31.2 Å². The van der Waals surface area contributed by atoms with E-state index in [1.807, 2.05) is 0 Å². The summed E-state index contributed by atoms with van der Waals surface area (Å²) >= 11 is 7.40. The summed E-state index contributed by atoms with van der Waals surface area (Å²) in [5.41, 5.74) is 5.49. The van der Waals surface area contributed by atoms with Crippen LogP contribution in [-0.4, -0.2) is 72.3 Å².